The Kier molecular flexibility index (Phi) is 4.15. The third kappa shape index (κ3) is 3.20. The number of piperidine rings is 1. The van der Waals surface area contributed by atoms with E-state index in [1.165, 1.54) is 12.8 Å². The molecule has 3 N–H and O–H groups in total. The number of nitrogens with one attached hydrogen (secondary N) is 1. The number of rotatable bonds is 3. The molecule has 1 aromatic rings. The van der Waals surface area contributed by atoms with Gasteiger partial charge in [0.15, 0.2) is 0 Å². The molecule has 5 nitrogen and oxygen atoms in total. The van der Waals surface area contributed by atoms with E-state index >= 15 is 0 Å². The van der Waals surface area contributed by atoms with Crippen molar-refractivity contribution in [1.29, 1.82) is 0 Å². The highest BCUT2D eigenvalue weighted by Gasteiger charge is 2.17. The summed E-state index contributed by atoms with van der Waals surface area (Å²) in [6.45, 7) is 4.38. The monoisotopic (exact) mass is 248 g/mol. The highest BCUT2D eigenvalue weighted by molar-refractivity contribution is 5.91. The highest BCUT2D eigenvalue weighted by atomic mass is 16.1. The van der Waals surface area contributed by atoms with Gasteiger partial charge in [0.05, 0.1) is 18.4 Å². The smallest absolute Gasteiger partial charge is 0.238 e. The van der Waals surface area contributed by atoms with Crippen LogP contribution in [0.4, 0.5) is 11.5 Å². The Hall–Kier alpha value is -1.62. The fourth-order valence-electron chi connectivity index (χ4n) is 2.26. The van der Waals surface area contributed by atoms with Crippen molar-refractivity contribution in [2.24, 2.45) is 11.7 Å². The van der Waals surface area contributed by atoms with Crippen molar-refractivity contribution in [3.8, 4) is 0 Å². The minimum Gasteiger partial charge on any atom is -0.356 e. The van der Waals surface area contributed by atoms with Crippen molar-refractivity contribution in [1.82, 2.24) is 4.98 Å². The fourth-order valence-corrected chi connectivity index (χ4v) is 2.26. The van der Waals surface area contributed by atoms with Crippen molar-refractivity contribution in [2.45, 2.75) is 19.8 Å². The average Bonchev–Trinajstić information content (AvgIpc) is 2.39. The molecular formula is C13H20N4O. The van der Waals surface area contributed by atoms with Crippen LogP contribution in [0.25, 0.3) is 0 Å². The molecule has 1 saturated heterocycles. The maximum absolute atomic E-state index is 11.1. The molecule has 0 aliphatic carbocycles. The van der Waals surface area contributed by atoms with E-state index < -0.39 is 0 Å². The Morgan fingerprint density at radius 2 is 2.44 bits per heavy atom. The lowest BCUT2D eigenvalue weighted by atomic mass is 10.0. The predicted octanol–water partition coefficient (Wildman–Crippen LogP) is 1.22. The van der Waals surface area contributed by atoms with E-state index in [4.69, 9.17) is 5.73 Å². The summed E-state index contributed by atoms with van der Waals surface area (Å²) < 4.78 is 0. The number of pyridine rings is 1. The first-order chi connectivity index (χ1) is 8.69. The van der Waals surface area contributed by atoms with Gasteiger partial charge in [-0.3, -0.25) is 4.79 Å². The molecule has 0 bridgehead atoms. The summed E-state index contributed by atoms with van der Waals surface area (Å²) in [7, 11) is 0. The Bertz CT molecular complexity index is 404. The quantitative estimate of drug-likeness (QED) is 0.843. The zero-order valence-corrected chi connectivity index (χ0v) is 10.7. The molecule has 0 radical (unpaired) electrons. The predicted molar refractivity (Wildman–Crippen MR) is 72.5 cm³/mol. The Balaban J connectivity index is 2.00. The molecule has 18 heavy (non-hydrogen) atoms. The van der Waals surface area contributed by atoms with E-state index in [0.717, 1.165) is 24.8 Å². The van der Waals surface area contributed by atoms with Gasteiger partial charge in [-0.15, -0.1) is 0 Å². The van der Waals surface area contributed by atoms with Crippen LogP contribution in [-0.2, 0) is 4.79 Å². The lowest BCUT2D eigenvalue weighted by Gasteiger charge is -2.31. The van der Waals surface area contributed by atoms with Gasteiger partial charge in [-0.25, -0.2) is 4.98 Å². The minimum absolute atomic E-state index is 0.00854. The van der Waals surface area contributed by atoms with E-state index in [0.29, 0.717) is 5.69 Å². The SMILES string of the molecule is CC1CCCN(c2ccc(NC(=O)CN)cn2)C1. The van der Waals surface area contributed by atoms with Crippen LogP contribution < -0.4 is 16.0 Å². The minimum atomic E-state index is -0.198. The summed E-state index contributed by atoms with van der Waals surface area (Å²) in [5.41, 5.74) is 5.94. The molecular weight excluding hydrogens is 228 g/mol. The normalized spacial score (nSPS) is 19.7. The van der Waals surface area contributed by atoms with Gasteiger partial charge in [-0.05, 0) is 30.9 Å². The molecule has 2 heterocycles. The number of hydrogen-bond donors (Lipinski definition) is 2. The molecule has 5 heteroatoms. The van der Waals surface area contributed by atoms with Gasteiger partial charge in [0.25, 0.3) is 0 Å². The van der Waals surface area contributed by atoms with E-state index in [9.17, 15) is 4.79 Å². The number of amides is 1. The summed E-state index contributed by atoms with van der Waals surface area (Å²) in [6, 6.07) is 3.82. The summed E-state index contributed by atoms with van der Waals surface area (Å²) in [6.07, 6.45) is 4.19. The Morgan fingerprint density at radius 1 is 1.61 bits per heavy atom. The molecule has 1 unspecified atom stereocenters. The highest BCUT2D eigenvalue weighted by Crippen LogP contribution is 2.21. The van der Waals surface area contributed by atoms with Crippen molar-refractivity contribution in [2.75, 3.05) is 29.9 Å². The molecule has 1 amide bonds. The van der Waals surface area contributed by atoms with Crippen molar-refractivity contribution in [3.05, 3.63) is 18.3 Å². The summed E-state index contributed by atoms with van der Waals surface area (Å²) >= 11 is 0. The second kappa shape index (κ2) is 5.82. The Labute approximate surface area is 107 Å². The van der Waals surface area contributed by atoms with Crippen LogP contribution in [0.5, 0.6) is 0 Å². The van der Waals surface area contributed by atoms with Crippen LogP contribution in [0.1, 0.15) is 19.8 Å². The molecule has 0 spiro atoms. The van der Waals surface area contributed by atoms with E-state index in [-0.39, 0.29) is 12.5 Å². The second-order valence-corrected chi connectivity index (χ2v) is 4.85. The average molecular weight is 248 g/mol. The molecule has 1 fully saturated rings. The van der Waals surface area contributed by atoms with Gasteiger partial charge in [0.2, 0.25) is 5.91 Å². The third-order valence-corrected chi connectivity index (χ3v) is 3.20. The van der Waals surface area contributed by atoms with Crippen LogP contribution in [0.3, 0.4) is 0 Å². The number of carbonyl (C=O) groups is 1. The largest absolute Gasteiger partial charge is 0.356 e. The van der Waals surface area contributed by atoms with Crippen LogP contribution in [0, 0.1) is 5.92 Å². The molecule has 0 saturated carbocycles. The van der Waals surface area contributed by atoms with Crippen LogP contribution in [-0.4, -0.2) is 30.5 Å². The lowest BCUT2D eigenvalue weighted by molar-refractivity contribution is -0.114. The van der Waals surface area contributed by atoms with Gasteiger partial charge < -0.3 is 16.0 Å². The number of aromatic nitrogens is 1. The number of anilines is 2. The first kappa shape index (κ1) is 12.8. The van der Waals surface area contributed by atoms with Gasteiger partial charge in [0, 0.05) is 13.1 Å². The van der Waals surface area contributed by atoms with Crippen LogP contribution >= 0.6 is 0 Å². The number of hydrogen-bond acceptors (Lipinski definition) is 4. The summed E-state index contributed by atoms with van der Waals surface area (Å²) in [5.74, 6) is 1.50. The number of carbonyl (C=O) groups excluding carboxylic acids is 1. The van der Waals surface area contributed by atoms with E-state index in [2.05, 4.69) is 22.1 Å². The zero-order chi connectivity index (χ0) is 13.0. The van der Waals surface area contributed by atoms with E-state index in [1.54, 1.807) is 6.20 Å². The lowest BCUT2D eigenvalue weighted by Crippen LogP contribution is -2.34. The third-order valence-electron chi connectivity index (χ3n) is 3.20. The van der Waals surface area contributed by atoms with E-state index in [1.807, 2.05) is 12.1 Å². The molecule has 1 aromatic heterocycles. The first-order valence-corrected chi connectivity index (χ1v) is 6.40. The molecule has 0 aromatic carbocycles. The second-order valence-electron chi connectivity index (χ2n) is 4.85. The first-order valence-electron chi connectivity index (χ1n) is 6.40. The molecule has 98 valence electrons. The topological polar surface area (TPSA) is 71.2 Å². The van der Waals surface area contributed by atoms with Gasteiger partial charge in [-0.1, -0.05) is 6.92 Å². The maximum atomic E-state index is 11.1. The molecule has 1 aliphatic rings. The summed E-state index contributed by atoms with van der Waals surface area (Å²) in [4.78, 5) is 17.8. The van der Waals surface area contributed by atoms with Crippen molar-refractivity contribution >= 4 is 17.4 Å². The van der Waals surface area contributed by atoms with Gasteiger partial charge in [0.1, 0.15) is 5.82 Å². The molecule has 1 aliphatic heterocycles. The summed E-state index contributed by atoms with van der Waals surface area (Å²) in [5, 5.41) is 2.69. The van der Waals surface area contributed by atoms with Crippen molar-refractivity contribution in [3.63, 3.8) is 0 Å². The number of nitrogens with two attached hydrogens (primary N) is 1. The fraction of sp³-hybridized carbons (Fsp3) is 0.538. The van der Waals surface area contributed by atoms with Crippen molar-refractivity contribution < 1.29 is 4.79 Å². The zero-order valence-electron chi connectivity index (χ0n) is 10.7. The molecule has 2 rings (SSSR count). The van der Waals surface area contributed by atoms with Gasteiger partial charge in [-0.2, -0.15) is 0 Å². The van der Waals surface area contributed by atoms with Crippen LogP contribution in [0.2, 0.25) is 0 Å². The maximum Gasteiger partial charge on any atom is 0.238 e. The van der Waals surface area contributed by atoms with Gasteiger partial charge >= 0.3 is 0 Å². The van der Waals surface area contributed by atoms with Crippen LogP contribution in [0.15, 0.2) is 18.3 Å². The Morgan fingerprint density at radius 3 is 3.06 bits per heavy atom. The standard InChI is InChI=1S/C13H20N4O/c1-10-3-2-6-17(9-10)12-5-4-11(8-15-12)16-13(18)7-14/h4-5,8,10H,2-3,6-7,9,14H2,1H3,(H,16,18). The molecule has 1 atom stereocenters. The number of nitrogens with zero attached hydrogens (tertiary/aromatic N) is 2.